The first-order valence-corrected chi connectivity index (χ1v) is 9.98. The molecule has 0 fully saturated rings. The average molecular weight is 427 g/mol. The zero-order chi connectivity index (χ0) is 22.2. The summed E-state index contributed by atoms with van der Waals surface area (Å²) in [5.74, 6) is -1.47. The molecule has 0 bridgehead atoms. The van der Waals surface area contributed by atoms with E-state index in [0.717, 1.165) is 5.52 Å². The lowest BCUT2D eigenvalue weighted by Crippen LogP contribution is -2.46. The van der Waals surface area contributed by atoms with Gasteiger partial charge in [-0.15, -0.1) is 0 Å². The molecule has 4 aromatic rings. The van der Waals surface area contributed by atoms with Gasteiger partial charge in [0.15, 0.2) is 5.69 Å². The molecule has 2 amide bonds. The summed E-state index contributed by atoms with van der Waals surface area (Å²) in [5.41, 5.74) is 2.59. The maximum Gasteiger partial charge on any atom is 0.273 e. The molecule has 1 aliphatic heterocycles. The minimum atomic E-state index is -1.25. The number of para-hydroxylation sites is 1. The van der Waals surface area contributed by atoms with Crippen molar-refractivity contribution >= 4 is 28.7 Å². The summed E-state index contributed by atoms with van der Waals surface area (Å²) >= 11 is 0. The Balaban J connectivity index is 1.58. The first kappa shape index (κ1) is 19.6. The zero-order valence-corrected chi connectivity index (χ0v) is 17.1. The number of nitrogens with one attached hydrogen (secondary N) is 1. The molecule has 0 aliphatic carbocycles. The molecule has 0 saturated heterocycles. The summed E-state index contributed by atoms with van der Waals surface area (Å²) in [4.78, 5) is 32.1. The highest BCUT2D eigenvalue weighted by atomic mass is 19.1. The van der Waals surface area contributed by atoms with Crippen molar-refractivity contribution in [1.29, 1.82) is 0 Å². The molecular weight excluding hydrogens is 409 g/mol. The van der Waals surface area contributed by atoms with Crippen LogP contribution in [0.4, 0.5) is 10.1 Å². The number of benzodiazepines with no additional fused rings is 1. The minimum absolute atomic E-state index is 0.149. The summed E-state index contributed by atoms with van der Waals surface area (Å²) < 4.78 is 16.3. The van der Waals surface area contributed by atoms with Crippen LogP contribution in [0.15, 0.2) is 84.0 Å². The van der Waals surface area contributed by atoms with Crippen molar-refractivity contribution in [2.75, 3.05) is 11.9 Å². The molecular formula is C24H18FN5O2. The predicted octanol–water partition coefficient (Wildman–Crippen LogP) is 3.04. The largest absolute Gasteiger partial charge is 0.321 e. The molecule has 0 saturated carbocycles. The molecule has 7 nitrogen and oxygen atoms in total. The number of anilines is 1. The maximum absolute atomic E-state index is 14.7. The second-order valence-electron chi connectivity index (χ2n) is 7.35. The van der Waals surface area contributed by atoms with Crippen molar-refractivity contribution in [1.82, 2.24) is 14.9 Å². The summed E-state index contributed by atoms with van der Waals surface area (Å²) in [5, 5.41) is 6.90. The highest BCUT2D eigenvalue weighted by Gasteiger charge is 2.32. The fraction of sp³-hybridized carbons (Fsp3) is 0.0833. The number of aliphatic imine (C=N–C) groups is 1. The summed E-state index contributed by atoms with van der Waals surface area (Å²) in [6, 6.07) is 20.4. The quantitative estimate of drug-likeness (QED) is 0.546. The lowest BCUT2D eigenvalue weighted by atomic mass is 10.00. The molecule has 1 aliphatic rings. The Morgan fingerprint density at radius 3 is 2.50 bits per heavy atom. The van der Waals surface area contributed by atoms with Crippen LogP contribution >= 0.6 is 0 Å². The number of benzene rings is 2. The van der Waals surface area contributed by atoms with Crippen molar-refractivity contribution in [2.24, 2.45) is 4.99 Å². The molecule has 5 rings (SSSR count). The van der Waals surface area contributed by atoms with Gasteiger partial charge in [-0.25, -0.2) is 13.9 Å². The molecule has 2 aromatic heterocycles. The SMILES string of the molecule is CN1C(=O)C(NC(=O)c2cc3ccccn3n2)N=C(c2ccccc2F)c2ccccc21. The molecule has 158 valence electrons. The number of aromatic nitrogens is 2. The third-order valence-corrected chi connectivity index (χ3v) is 5.34. The van der Waals surface area contributed by atoms with Gasteiger partial charge in [0.2, 0.25) is 6.17 Å². The molecule has 1 N–H and O–H groups in total. The van der Waals surface area contributed by atoms with Crippen LogP contribution in [0.2, 0.25) is 0 Å². The molecule has 0 spiro atoms. The normalized spacial score (nSPS) is 15.8. The Morgan fingerprint density at radius 1 is 1.00 bits per heavy atom. The first-order chi connectivity index (χ1) is 15.5. The standard InChI is InChI=1S/C24H18FN5O2/c1-29-20-12-5-3-10-17(20)21(16-9-2-4-11-18(16)25)26-22(24(29)32)27-23(31)19-14-15-8-6-7-13-30(15)28-19/h2-14,22H,1H3,(H,27,31). The van der Waals surface area contributed by atoms with Gasteiger partial charge >= 0.3 is 0 Å². The highest BCUT2D eigenvalue weighted by Crippen LogP contribution is 2.28. The van der Waals surface area contributed by atoms with Crippen LogP contribution in [0, 0.1) is 5.82 Å². The van der Waals surface area contributed by atoms with E-state index in [9.17, 15) is 14.0 Å². The fourth-order valence-corrected chi connectivity index (χ4v) is 3.73. The Bertz CT molecular complexity index is 1360. The fourth-order valence-electron chi connectivity index (χ4n) is 3.73. The minimum Gasteiger partial charge on any atom is -0.321 e. The highest BCUT2D eigenvalue weighted by molar-refractivity contribution is 6.20. The van der Waals surface area contributed by atoms with E-state index in [0.29, 0.717) is 11.3 Å². The van der Waals surface area contributed by atoms with Crippen LogP contribution in [-0.4, -0.2) is 40.4 Å². The van der Waals surface area contributed by atoms with Crippen LogP contribution in [0.1, 0.15) is 21.6 Å². The van der Waals surface area contributed by atoms with E-state index in [2.05, 4.69) is 15.4 Å². The Kier molecular flexibility index (Phi) is 4.74. The average Bonchev–Trinajstić information content (AvgIpc) is 3.22. The van der Waals surface area contributed by atoms with E-state index >= 15 is 0 Å². The number of pyridine rings is 1. The van der Waals surface area contributed by atoms with E-state index in [1.807, 2.05) is 12.1 Å². The summed E-state index contributed by atoms with van der Waals surface area (Å²) in [7, 11) is 1.60. The Hall–Kier alpha value is -4.33. The van der Waals surface area contributed by atoms with Crippen molar-refractivity contribution in [3.63, 3.8) is 0 Å². The topological polar surface area (TPSA) is 79.1 Å². The Morgan fingerprint density at radius 2 is 1.72 bits per heavy atom. The molecule has 2 aromatic carbocycles. The van der Waals surface area contributed by atoms with E-state index in [4.69, 9.17) is 0 Å². The summed E-state index contributed by atoms with van der Waals surface area (Å²) in [6.07, 6.45) is 0.473. The van der Waals surface area contributed by atoms with Gasteiger partial charge in [0.25, 0.3) is 11.8 Å². The number of nitrogens with zero attached hydrogens (tertiary/aromatic N) is 4. The van der Waals surface area contributed by atoms with Gasteiger partial charge in [0, 0.05) is 24.4 Å². The molecule has 1 unspecified atom stereocenters. The third-order valence-electron chi connectivity index (χ3n) is 5.34. The third kappa shape index (κ3) is 3.31. The van der Waals surface area contributed by atoms with Crippen molar-refractivity contribution in [2.45, 2.75) is 6.17 Å². The molecule has 1 atom stereocenters. The van der Waals surface area contributed by atoms with E-state index in [1.165, 1.54) is 11.0 Å². The van der Waals surface area contributed by atoms with Crippen LogP contribution in [0.5, 0.6) is 0 Å². The number of fused-ring (bicyclic) bond motifs is 2. The number of likely N-dealkylation sites (N-methyl/N-ethyl adjacent to an activating group) is 1. The van der Waals surface area contributed by atoms with Gasteiger partial charge in [0.05, 0.1) is 16.9 Å². The van der Waals surface area contributed by atoms with E-state index < -0.39 is 23.8 Å². The number of hydrogen-bond donors (Lipinski definition) is 1. The van der Waals surface area contributed by atoms with Crippen LogP contribution in [0.25, 0.3) is 5.52 Å². The van der Waals surface area contributed by atoms with Gasteiger partial charge in [-0.3, -0.25) is 9.59 Å². The number of amides is 2. The number of carbonyl (C=O) groups excluding carboxylic acids is 2. The number of hydrogen-bond acceptors (Lipinski definition) is 4. The summed E-state index contributed by atoms with van der Waals surface area (Å²) in [6.45, 7) is 0. The smallest absolute Gasteiger partial charge is 0.273 e. The molecule has 8 heteroatoms. The van der Waals surface area contributed by atoms with E-state index in [1.54, 1.807) is 72.4 Å². The van der Waals surface area contributed by atoms with Crippen LogP contribution in [-0.2, 0) is 4.79 Å². The van der Waals surface area contributed by atoms with Gasteiger partial charge in [-0.2, -0.15) is 5.10 Å². The number of halogens is 1. The predicted molar refractivity (Wildman–Crippen MR) is 118 cm³/mol. The van der Waals surface area contributed by atoms with Crippen molar-refractivity contribution in [3.8, 4) is 0 Å². The van der Waals surface area contributed by atoms with Crippen molar-refractivity contribution in [3.05, 3.63) is 102 Å². The second-order valence-corrected chi connectivity index (χ2v) is 7.35. The lowest BCUT2D eigenvalue weighted by molar-refractivity contribution is -0.119. The monoisotopic (exact) mass is 427 g/mol. The van der Waals surface area contributed by atoms with E-state index in [-0.39, 0.29) is 17.0 Å². The second kappa shape index (κ2) is 7.73. The van der Waals surface area contributed by atoms with Gasteiger partial charge in [-0.1, -0.05) is 36.4 Å². The van der Waals surface area contributed by atoms with Crippen LogP contribution in [0.3, 0.4) is 0 Å². The molecule has 32 heavy (non-hydrogen) atoms. The maximum atomic E-state index is 14.7. The molecule has 0 radical (unpaired) electrons. The zero-order valence-electron chi connectivity index (χ0n) is 17.1. The van der Waals surface area contributed by atoms with Gasteiger partial charge in [-0.05, 0) is 36.4 Å². The number of rotatable bonds is 3. The first-order valence-electron chi connectivity index (χ1n) is 9.98. The number of carbonyl (C=O) groups is 2. The lowest BCUT2D eigenvalue weighted by Gasteiger charge is -2.20. The molecule has 3 heterocycles. The van der Waals surface area contributed by atoms with Gasteiger partial charge < -0.3 is 10.2 Å². The van der Waals surface area contributed by atoms with Gasteiger partial charge in [0.1, 0.15) is 5.82 Å². The van der Waals surface area contributed by atoms with Crippen LogP contribution < -0.4 is 10.2 Å². The Labute approximate surface area is 182 Å². The van der Waals surface area contributed by atoms with Crippen molar-refractivity contribution < 1.29 is 14.0 Å².